The van der Waals surface area contributed by atoms with Crippen LogP contribution < -0.4 is 0 Å². The molecular formula is C74H144O17P2. The summed E-state index contributed by atoms with van der Waals surface area (Å²) in [7, 11) is -9.91. The van der Waals surface area contributed by atoms with E-state index in [2.05, 4.69) is 41.5 Å². The van der Waals surface area contributed by atoms with Gasteiger partial charge < -0.3 is 33.8 Å². The van der Waals surface area contributed by atoms with Gasteiger partial charge in [0.1, 0.15) is 19.3 Å². The number of carbonyl (C=O) groups is 4. The fourth-order valence-corrected chi connectivity index (χ4v) is 12.9. The lowest BCUT2D eigenvalue weighted by atomic mass is 10.0. The van der Waals surface area contributed by atoms with E-state index in [1.807, 2.05) is 0 Å². The smallest absolute Gasteiger partial charge is 0.462 e. The Kier molecular flexibility index (Phi) is 64.6. The molecule has 0 aromatic heterocycles. The van der Waals surface area contributed by atoms with Gasteiger partial charge in [-0.3, -0.25) is 37.3 Å². The van der Waals surface area contributed by atoms with Crippen LogP contribution in [0.3, 0.4) is 0 Å². The third-order valence-electron chi connectivity index (χ3n) is 17.2. The van der Waals surface area contributed by atoms with E-state index in [0.29, 0.717) is 25.7 Å². The average Bonchev–Trinajstić information content (AvgIpc) is 2.92. The molecule has 19 heteroatoms. The third kappa shape index (κ3) is 68.4. The monoisotopic (exact) mass is 1370 g/mol. The van der Waals surface area contributed by atoms with Gasteiger partial charge in [0.2, 0.25) is 0 Å². The van der Waals surface area contributed by atoms with Crippen LogP contribution in [0.25, 0.3) is 0 Å². The molecule has 0 radical (unpaired) electrons. The third-order valence-corrected chi connectivity index (χ3v) is 19.1. The number of carbonyl (C=O) groups excluding carboxylic acids is 4. The van der Waals surface area contributed by atoms with Crippen molar-refractivity contribution in [1.29, 1.82) is 0 Å². The largest absolute Gasteiger partial charge is 0.472 e. The molecule has 0 heterocycles. The first-order valence-corrected chi connectivity index (χ1v) is 41.5. The van der Waals surface area contributed by atoms with Crippen molar-refractivity contribution in [1.82, 2.24) is 0 Å². The van der Waals surface area contributed by atoms with Crippen LogP contribution in [0.2, 0.25) is 0 Å². The predicted molar refractivity (Wildman–Crippen MR) is 377 cm³/mol. The number of hydrogen-bond donors (Lipinski definition) is 3. The van der Waals surface area contributed by atoms with Crippen LogP contribution in [0.4, 0.5) is 0 Å². The Balaban J connectivity index is 5.26. The molecule has 0 spiro atoms. The Bertz CT molecular complexity index is 1800. The summed E-state index contributed by atoms with van der Waals surface area (Å²) in [6, 6.07) is 0. The van der Waals surface area contributed by atoms with Gasteiger partial charge in [-0.25, -0.2) is 9.13 Å². The SMILES string of the molecule is CCCCCCCCCCCCCCC(=O)OC[C@H](COP(=O)(O)OC[C@H](O)COP(=O)(O)OC[C@@H](COC(=O)CCCCCCCCCCCCC(C)C)OC(=O)CCCCCCCCCCCCCCCC(C)C)OC(=O)CCCCCCCCCCCCCC. The maximum atomic E-state index is 13.1. The van der Waals surface area contributed by atoms with Crippen LogP contribution >= 0.6 is 15.6 Å². The van der Waals surface area contributed by atoms with Crippen molar-refractivity contribution < 1.29 is 80.2 Å². The molecular weight excluding hydrogens is 1220 g/mol. The number of aliphatic hydroxyl groups excluding tert-OH is 1. The van der Waals surface area contributed by atoms with E-state index in [0.717, 1.165) is 102 Å². The second-order valence-electron chi connectivity index (χ2n) is 27.6. The number of ether oxygens (including phenoxy) is 4. The Morgan fingerprint density at radius 2 is 0.495 bits per heavy atom. The molecule has 3 N–H and O–H groups in total. The van der Waals surface area contributed by atoms with Crippen molar-refractivity contribution in [2.24, 2.45) is 11.8 Å². The molecule has 0 aliphatic heterocycles. The van der Waals surface area contributed by atoms with E-state index >= 15 is 0 Å². The summed E-state index contributed by atoms with van der Waals surface area (Å²) < 4.78 is 68.5. The zero-order valence-corrected chi connectivity index (χ0v) is 62.3. The van der Waals surface area contributed by atoms with Crippen molar-refractivity contribution in [2.75, 3.05) is 39.6 Å². The molecule has 0 fully saturated rings. The molecule has 17 nitrogen and oxygen atoms in total. The lowest BCUT2D eigenvalue weighted by Gasteiger charge is -2.21. The maximum Gasteiger partial charge on any atom is 0.472 e. The maximum absolute atomic E-state index is 13.1. The van der Waals surface area contributed by atoms with E-state index in [-0.39, 0.29) is 25.7 Å². The normalized spacial score (nSPS) is 14.1. The van der Waals surface area contributed by atoms with Crippen molar-refractivity contribution in [3.8, 4) is 0 Å². The molecule has 0 amide bonds. The molecule has 0 aliphatic carbocycles. The molecule has 2 unspecified atom stereocenters. The lowest BCUT2D eigenvalue weighted by Crippen LogP contribution is -2.30. The fraction of sp³-hybridized carbons (Fsp3) is 0.946. The summed E-state index contributed by atoms with van der Waals surface area (Å²) in [6.07, 6.45) is 52.5. The van der Waals surface area contributed by atoms with Gasteiger partial charge in [0.15, 0.2) is 12.2 Å². The first-order valence-electron chi connectivity index (χ1n) is 38.5. The summed E-state index contributed by atoms with van der Waals surface area (Å²) in [4.78, 5) is 72.7. The molecule has 0 saturated heterocycles. The topological polar surface area (TPSA) is 237 Å². The highest BCUT2D eigenvalue weighted by Gasteiger charge is 2.30. The number of phosphoric acid groups is 2. The number of unbranched alkanes of at least 4 members (excludes halogenated alkanes) is 43. The first kappa shape index (κ1) is 91.1. The highest BCUT2D eigenvalue weighted by atomic mass is 31.2. The van der Waals surface area contributed by atoms with Crippen molar-refractivity contribution in [3.05, 3.63) is 0 Å². The van der Waals surface area contributed by atoms with Gasteiger partial charge in [-0.15, -0.1) is 0 Å². The van der Waals surface area contributed by atoms with Gasteiger partial charge in [0.25, 0.3) is 0 Å². The van der Waals surface area contributed by atoms with E-state index in [1.54, 1.807) is 0 Å². The number of phosphoric ester groups is 2. The molecule has 0 saturated carbocycles. The zero-order valence-electron chi connectivity index (χ0n) is 60.6. The quantitative estimate of drug-likeness (QED) is 0.0222. The molecule has 0 rings (SSSR count). The van der Waals surface area contributed by atoms with Crippen LogP contribution in [0.15, 0.2) is 0 Å². The molecule has 0 aromatic carbocycles. The first-order chi connectivity index (χ1) is 44.9. The van der Waals surface area contributed by atoms with Crippen LogP contribution in [0, 0.1) is 11.8 Å². The molecule has 0 aliphatic rings. The van der Waals surface area contributed by atoms with Crippen LogP contribution in [-0.4, -0.2) is 96.7 Å². The van der Waals surface area contributed by atoms with Crippen molar-refractivity contribution >= 4 is 39.5 Å². The summed E-state index contributed by atoms with van der Waals surface area (Å²) in [5, 5.41) is 10.6. The minimum atomic E-state index is -4.96. The Labute approximate surface area is 568 Å². The summed E-state index contributed by atoms with van der Waals surface area (Å²) in [6.45, 7) is 9.60. The van der Waals surface area contributed by atoms with E-state index in [1.165, 1.54) is 199 Å². The van der Waals surface area contributed by atoms with E-state index < -0.39 is 97.5 Å². The molecule has 0 aromatic rings. The minimum absolute atomic E-state index is 0.107. The predicted octanol–water partition coefficient (Wildman–Crippen LogP) is 21.6. The minimum Gasteiger partial charge on any atom is -0.462 e. The van der Waals surface area contributed by atoms with Crippen LogP contribution in [0.5, 0.6) is 0 Å². The number of aliphatic hydroxyl groups is 1. The highest BCUT2D eigenvalue weighted by molar-refractivity contribution is 7.47. The average molecular weight is 1370 g/mol. The molecule has 0 bridgehead atoms. The number of rotatable bonds is 73. The Hall–Kier alpha value is -1.94. The number of esters is 4. The summed E-state index contributed by atoms with van der Waals surface area (Å²) in [5.41, 5.74) is 0. The standard InChI is InChI=1S/C74H144O17P2/c1-7-9-11-13-15-17-19-25-32-38-44-50-56-71(76)84-62-69(90-73(78)58-52-46-40-34-26-20-18-16-14-12-10-8-2)64-88-92(80,81)86-60-68(75)61-87-93(82,83)89-65-70(63-85-72(77)57-51-45-39-33-29-28-31-37-43-49-55-67(5)6)91-74(79)59-53-47-41-35-27-23-21-22-24-30-36-42-48-54-66(3)4/h66-70,75H,7-65H2,1-6H3,(H,80,81)(H,82,83)/t68-,69+,70+/m0/s1. The van der Waals surface area contributed by atoms with Crippen molar-refractivity contribution in [2.45, 2.75) is 400 Å². The molecule has 5 atom stereocenters. The summed E-state index contributed by atoms with van der Waals surface area (Å²) in [5.74, 6) is -0.571. The molecule has 552 valence electrons. The van der Waals surface area contributed by atoms with Crippen molar-refractivity contribution in [3.63, 3.8) is 0 Å². The fourth-order valence-electron chi connectivity index (χ4n) is 11.3. The van der Waals surface area contributed by atoms with E-state index in [4.69, 9.17) is 37.0 Å². The second-order valence-corrected chi connectivity index (χ2v) is 30.5. The van der Waals surface area contributed by atoms with E-state index in [9.17, 15) is 43.2 Å². The van der Waals surface area contributed by atoms with Gasteiger partial charge in [0.05, 0.1) is 26.4 Å². The Morgan fingerprint density at radius 1 is 0.290 bits per heavy atom. The van der Waals surface area contributed by atoms with Gasteiger partial charge in [-0.05, 0) is 37.5 Å². The number of hydrogen-bond acceptors (Lipinski definition) is 15. The second kappa shape index (κ2) is 66.0. The van der Waals surface area contributed by atoms with Gasteiger partial charge in [-0.1, -0.05) is 330 Å². The summed E-state index contributed by atoms with van der Waals surface area (Å²) >= 11 is 0. The van der Waals surface area contributed by atoms with Gasteiger partial charge in [0, 0.05) is 25.7 Å². The van der Waals surface area contributed by atoms with Crippen LogP contribution in [0.1, 0.15) is 382 Å². The highest BCUT2D eigenvalue weighted by Crippen LogP contribution is 2.45. The molecule has 93 heavy (non-hydrogen) atoms. The van der Waals surface area contributed by atoms with Gasteiger partial charge in [-0.2, -0.15) is 0 Å². The lowest BCUT2D eigenvalue weighted by molar-refractivity contribution is -0.161. The Morgan fingerprint density at radius 3 is 0.731 bits per heavy atom. The van der Waals surface area contributed by atoms with Crippen LogP contribution in [-0.2, 0) is 65.4 Å². The van der Waals surface area contributed by atoms with Gasteiger partial charge >= 0.3 is 39.5 Å². The zero-order chi connectivity index (χ0) is 68.6.